The standard InChI is InChI=1S/C13H14BrN3/c14-8-10-12(9-4-3-5-9)16-17-13(10)11-6-1-2-7-15-11/h1-2,6-7,9H,3-5,8H2,(H,16,17). The SMILES string of the molecule is BrCc1c(-c2ccccn2)n[nH]c1C1CCC1. The minimum absolute atomic E-state index is 0.674. The molecule has 88 valence electrons. The molecule has 2 aromatic heterocycles. The molecule has 0 amide bonds. The molecule has 0 aliphatic heterocycles. The molecule has 2 heterocycles. The van der Waals surface area contributed by atoms with Crippen LogP contribution in [0.15, 0.2) is 24.4 Å². The summed E-state index contributed by atoms with van der Waals surface area (Å²) in [5.74, 6) is 0.674. The van der Waals surface area contributed by atoms with Crippen LogP contribution in [-0.4, -0.2) is 15.2 Å². The molecule has 0 unspecified atom stereocenters. The lowest BCUT2D eigenvalue weighted by atomic mass is 9.81. The highest BCUT2D eigenvalue weighted by atomic mass is 79.9. The third-order valence-electron chi connectivity index (χ3n) is 3.45. The Morgan fingerprint density at radius 1 is 1.35 bits per heavy atom. The zero-order chi connectivity index (χ0) is 11.7. The van der Waals surface area contributed by atoms with Crippen LogP contribution in [0.1, 0.15) is 36.4 Å². The van der Waals surface area contributed by atoms with Crippen LogP contribution in [0.5, 0.6) is 0 Å². The number of hydrogen-bond acceptors (Lipinski definition) is 2. The minimum atomic E-state index is 0.674. The van der Waals surface area contributed by atoms with Gasteiger partial charge in [-0.3, -0.25) is 10.1 Å². The molecule has 0 radical (unpaired) electrons. The number of aromatic amines is 1. The Labute approximate surface area is 109 Å². The lowest BCUT2D eigenvalue weighted by molar-refractivity contribution is 0.409. The second kappa shape index (κ2) is 4.61. The average molecular weight is 292 g/mol. The summed E-state index contributed by atoms with van der Waals surface area (Å²) in [6.07, 6.45) is 5.71. The molecule has 3 rings (SSSR count). The number of hydrogen-bond donors (Lipinski definition) is 1. The number of halogens is 1. The zero-order valence-corrected chi connectivity index (χ0v) is 11.1. The molecule has 1 N–H and O–H groups in total. The molecule has 1 aliphatic rings. The van der Waals surface area contributed by atoms with Crippen LogP contribution in [0.3, 0.4) is 0 Å². The average Bonchev–Trinajstić information content (AvgIpc) is 2.71. The van der Waals surface area contributed by atoms with Crippen molar-refractivity contribution in [1.82, 2.24) is 15.2 Å². The van der Waals surface area contributed by atoms with E-state index in [1.165, 1.54) is 30.5 Å². The van der Waals surface area contributed by atoms with Crippen molar-refractivity contribution in [3.05, 3.63) is 35.7 Å². The maximum atomic E-state index is 4.44. The quantitative estimate of drug-likeness (QED) is 0.878. The van der Waals surface area contributed by atoms with Gasteiger partial charge >= 0.3 is 0 Å². The van der Waals surface area contributed by atoms with Gasteiger partial charge in [-0.15, -0.1) is 0 Å². The molecular weight excluding hydrogens is 278 g/mol. The highest BCUT2D eigenvalue weighted by Crippen LogP contribution is 2.39. The summed E-state index contributed by atoms with van der Waals surface area (Å²) in [4.78, 5) is 4.37. The van der Waals surface area contributed by atoms with E-state index in [0.29, 0.717) is 5.92 Å². The lowest BCUT2D eigenvalue weighted by Crippen LogP contribution is -2.10. The molecule has 1 saturated carbocycles. The van der Waals surface area contributed by atoms with Gasteiger partial charge in [-0.1, -0.05) is 28.4 Å². The van der Waals surface area contributed by atoms with E-state index in [4.69, 9.17) is 0 Å². The van der Waals surface area contributed by atoms with E-state index in [-0.39, 0.29) is 0 Å². The van der Waals surface area contributed by atoms with Gasteiger partial charge in [-0.2, -0.15) is 5.10 Å². The van der Waals surface area contributed by atoms with Crippen molar-refractivity contribution in [1.29, 1.82) is 0 Å². The van der Waals surface area contributed by atoms with E-state index in [9.17, 15) is 0 Å². The van der Waals surface area contributed by atoms with Crippen molar-refractivity contribution in [3.8, 4) is 11.4 Å². The predicted octanol–water partition coefficient (Wildman–Crippen LogP) is 3.63. The van der Waals surface area contributed by atoms with E-state index < -0.39 is 0 Å². The second-order valence-electron chi connectivity index (χ2n) is 4.44. The Bertz CT molecular complexity index is 503. The van der Waals surface area contributed by atoms with Crippen LogP contribution in [0, 0.1) is 0 Å². The predicted molar refractivity (Wildman–Crippen MR) is 71.0 cm³/mol. The second-order valence-corrected chi connectivity index (χ2v) is 5.00. The monoisotopic (exact) mass is 291 g/mol. The highest BCUT2D eigenvalue weighted by Gasteiger charge is 2.26. The molecule has 0 aromatic carbocycles. The molecule has 0 saturated heterocycles. The Morgan fingerprint density at radius 2 is 2.24 bits per heavy atom. The lowest BCUT2D eigenvalue weighted by Gasteiger charge is -2.24. The van der Waals surface area contributed by atoms with Gasteiger partial charge in [0.2, 0.25) is 0 Å². The summed E-state index contributed by atoms with van der Waals surface area (Å²) in [5, 5.41) is 8.48. The molecule has 2 aromatic rings. The van der Waals surface area contributed by atoms with E-state index in [1.54, 1.807) is 0 Å². The smallest absolute Gasteiger partial charge is 0.115 e. The Balaban J connectivity index is 2.02. The third kappa shape index (κ3) is 1.90. The van der Waals surface area contributed by atoms with Crippen molar-refractivity contribution in [2.75, 3.05) is 0 Å². The number of rotatable bonds is 3. The molecule has 1 aliphatic carbocycles. The zero-order valence-electron chi connectivity index (χ0n) is 9.49. The first-order valence-corrected chi connectivity index (χ1v) is 7.07. The summed E-state index contributed by atoms with van der Waals surface area (Å²) < 4.78 is 0. The Hall–Kier alpha value is -1.16. The molecule has 0 bridgehead atoms. The molecule has 3 nitrogen and oxygen atoms in total. The molecule has 0 atom stereocenters. The van der Waals surface area contributed by atoms with Gasteiger partial charge in [0.05, 0.1) is 5.69 Å². The van der Waals surface area contributed by atoms with Gasteiger partial charge in [0.1, 0.15) is 5.69 Å². The first-order valence-electron chi connectivity index (χ1n) is 5.94. The van der Waals surface area contributed by atoms with Crippen LogP contribution in [-0.2, 0) is 5.33 Å². The Morgan fingerprint density at radius 3 is 2.82 bits per heavy atom. The number of alkyl halides is 1. The number of aromatic nitrogens is 3. The normalized spacial score (nSPS) is 15.8. The summed E-state index contributed by atoms with van der Waals surface area (Å²) in [5.41, 5.74) is 4.51. The number of nitrogens with zero attached hydrogens (tertiary/aromatic N) is 2. The van der Waals surface area contributed by atoms with Crippen LogP contribution in [0.4, 0.5) is 0 Å². The fourth-order valence-electron chi connectivity index (χ4n) is 2.26. The summed E-state index contributed by atoms with van der Waals surface area (Å²) in [7, 11) is 0. The minimum Gasteiger partial charge on any atom is -0.281 e. The summed E-state index contributed by atoms with van der Waals surface area (Å²) in [6.45, 7) is 0. The number of H-pyrrole nitrogens is 1. The molecule has 1 fully saturated rings. The molecule has 0 spiro atoms. The molecular formula is C13H14BrN3. The van der Waals surface area contributed by atoms with Crippen LogP contribution < -0.4 is 0 Å². The van der Waals surface area contributed by atoms with Crippen molar-refractivity contribution in [3.63, 3.8) is 0 Å². The van der Waals surface area contributed by atoms with E-state index in [2.05, 4.69) is 31.1 Å². The summed E-state index contributed by atoms with van der Waals surface area (Å²) >= 11 is 3.57. The van der Waals surface area contributed by atoms with E-state index in [0.717, 1.165) is 16.7 Å². The maximum absolute atomic E-state index is 4.44. The summed E-state index contributed by atoms with van der Waals surface area (Å²) in [6, 6.07) is 5.93. The highest BCUT2D eigenvalue weighted by molar-refractivity contribution is 9.08. The van der Waals surface area contributed by atoms with E-state index >= 15 is 0 Å². The maximum Gasteiger partial charge on any atom is 0.115 e. The third-order valence-corrected chi connectivity index (χ3v) is 4.01. The van der Waals surface area contributed by atoms with Crippen molar-refractivity contribution in [2.45, 2.75) is 30.5 Å². The van der Waals surface area contributed by atoms with Gasteiger partial charge in [0, 0.05) is 28.7 Å². The first kappa shape index (κ1) is 11.0. The van der Waals surface area contributed by atoms with Crippen molar-refractivity contribution < 1.29 is 0 Å². The van der Waals surface area contributed by atoms with Gasteiger partial charge in [-0.05, 0) is 25.0 Å². The van der Waals surface area contributed by atoms with Crippen molar-refractivity contribution in [2.24, 2.45) is 0 Å². The largest absolute Gasteiger partial charge is 0.281 e. The van der Waals surface area contributed by atoms with Crippen LogP contribution in [0.25, 0.3) is 11.4 Å². The van der Waals surface area contributed by atoms with Crippen LogP contribution >= 0.6 is 15.9 Å². The van der Waals surface area contributed by atoms with Crippen molar-refractivity contribution >= 4 is 15.9 Å². The van der Waals surface area contributed by atoms with Gasteiger partial charge < -0.3 is 0 Å². The van der Waals surface area contributed by atoms with E-state index in [1.807, 2.05) is 24.4 Å². The van der Waals surface area contributed by atoms with Crippen LogP contribution in [0.2, 0.25) is 0 Å². The number of pyridine rings is 1. The van der Waals surface area contributed by atoms with Gasteiger partial charge in [-0.25, -0.2) is 0 Å². The first-order chi connectivity index (χ1) is 8.40. The topological polar surface area (TPSA) is 41.6 Å². The fourth-order valence-corrected chi connectivity index (χ4v) is 2.83. The van der Waals surface area contributed by atoms with Gasteiger partial charge in [0.25, 0.3) is 0 Å². The number of nitrogens with one attached hydrogen (secondary N) is 1. The fraction of sp³-hybridized carbons (Fsp3) is 0.385. The molecule has 17 heavy (non-hydrogen) atoms. The molecule has 4 heteroatoms. The Kier molecular flexibility index (Phi) is 2.97. The van der Waals surface area contributed by atoms with Gasteiger partial charge in [0.15, 0.2) is 0 Å².